The molecule has 12 aromatic rings. The van der Waals surface area contributed by atoms with Crippen LogP contribution in [0.3, 0.4) is 0 Å². The van der Waals surface area contributed by atoms with Gasteiger partial charge in [-0.2, -0.15) is 0 Å². The molecule has 12 aromatic carbocycles. The van der Waals surface area contributed by atoms with Crippen molar-refractivity contribution in [2.75, 3.05) is 4.90 Å². The van der Waals surface area contributed by atoms with Gasteiger partial charge in [-0.05, 0) is 240 Å². The zero-order valence-corrected chi connectivity index (χ0v) is 50.6. The van der Waals surface area contributed by atoms with Gasteiger partial charge in [0.1, 0.15) is 0 Å². The van der Waals surface area contributed by atoms with Gasteiger partial charge < -0.3 is 4.90 Å². The van der Waals surface area contributed by atoms with Crippen molar-refractivity contribution in [2.24, 2.45) is 0 Å². The highest BCUT2D eigenvalue weighted by Crippen LogP contribution is 2.54. The molecule has 10 aliphatic rings. The van der Waals surface area contributed by atoms with E-state index in [1.807, 2.05) is 0 Å². The molecule has 22 rings (SSSR count). The summed E-state index contributed by atoms with van der Waals surface area (Å²) in [5, 5.41) is 18.4. The van der Waals surface area contributed by atoms with Crippen molar-refractivity contribution in [3.8, 4) is 89.0 Å². The standard InChI is InChI=1S/C79H55NSi3/c1-42-28-45(4)74(46(5)29-42)51-36-68-77-70(38-51)82-64-22-14-10-18-56(64)60-34-49(24-26-66(60)82)58-32-44(3)33-59-50-25-27-67-61(35-50)57-19-11-15-23-65(57)83(67)71-39-52(75-47(6)30-43(2)31-48(75)7)37-69(78(71)80(77)79-72(82)40-53(76(58)59)41-73(79)83)81(68)62-20-12-8-16-54(62)55-17-9-13-21-63(55)81/h8-41H,1-7H3. The van der Waals surface area contributed by atoms with E-state index in [0.29, 0.717) is 0 Å². The van der Waals surface area contributed by atoms with Gasteiger partial charge in [0.2, 0.25) is 0 Å². The number of rotatable bonds is 2. The molecule has 0 aromatic heterocycles. The number of anilines is 3. The molecule has 0 saturated heterocycles. The minimum Gasteiger partial charge on any atom is -0.311 e. The molecule has 83 heavy (non-hydrogen) atoms. The Bertz CT molecular complexity index is 4850. The number of aryl methyl sites for hydroxylation is 7. The van der Waals surface area contributed by atoms with Crippen LogP contribution in [0.5, 0.6) is 0 Å². The van der Waals surface area contributed by atoms with E-state index < -0.39 is 24.2 Å². The second-order valence-corrected chi connectivity index (χ2v) is 36.8. The fourth-order valence-corrected chi connectivity index (χ4v) is 36.4. The third-order valence-electron chi connectivity index (χ3n) is 21.6. The van der Waals surface area contributed by atoms with Crippen molar-refractivity contribution in [3.05, 3.63) is 245 Å². The second kappa shape index (κ2) is 14.8. The summed E-state index contributed by atoms with van der Waals surface area (Å²) in [4.78, 5) is 2.98. The first-order valence-corrected chi connectivity index (χ1v) is 35.9. The Balaban J connectivity index is 1.11. The zero-order chi connectivity index (χ0) is 55.1. The van der Waals surface area contributed by atoms with Crippen LogP contribution in [0.25, 0.3) is 89.0 Å². The average Bonchev–Trinajstić information content (AvgIpc) is 1.68. The number of benzene rings is 12. The van der Waals surface area contributed by atoms with Crippen LogP contribution < -0.4 is 67.1 Å². The number of fused-ring (bicyclic) bond motifs is 11. The predicted molar refractivity (Wildman–Crippen MR) is 357 cm³/mol. The third kappa shape index (κ3) is 4.95. The lowest BCUT2D eigenvalue weighted by atomic mass is 9.84. The largest absolute Gasteiger partial charge is 0.311 e. The second-order valence-electron chi connectivity index (χ2n) is 25.8. The lowest BCUT2D eigenvalue weighted by molar-refractivity contribution is 1.29. The average molecular weight is 1100 g/mol. The van der Waals surface area contributed by atoms with Crippen LogP contribution in [0, 0.1) is 48.5 Å². The number of hydrogen-bond donors (Lipinski definition) is 0. The molecular weight excluding hydrogens is 1050 g/mol. The molecule has 10 heterocycles. The minimum atomic E-state index is -3.35. The maximum absolute atomic E-state index is 3.35. The van der Waals surface area contributed by atoms with Crippen LogP contribution in [-0.2, 0) is 0 Å². The van der Waals surface area contributed by atoms with Crippen molar-refractivity contribution in [1.82, 2.24) is 0 Å². The Kier molecular flexibility index (Phi) is 8.16. The SMILES string of the molecule is Cc1cc(C)c(-c2cc3c4c(c2)[Si]25c6ccccc6-c6cc(ccc62)-c2cc(C)cc6c2-c2cc5c5c(c2)[Si]2(c7ccccc7-c7cc-6ccc72)c2cc(-c6c(C)cc(C)cc6C)cc(c2N45)[Si]32c3ccccc3-c3ccccc32)c(C)c1. The summed E-state index contributed by atoms with van der Waals surface area (Å²) in [6.07, 6.45) is 0. The summed E-state index contributed by atoms with van der Waals surface area (Å²) in [7, 11) is -10.00. The van der Waals surface area contributed by atoms with E-state index in [1.165, 1.54) is 187 Å². The Labute approximate surface area is 487 Å². The first-order valence-electron chi connectivity index (χ1n) is 29.9. The van der Waals surface area contributed by atoms with Gasteiger partial charge in [0.15, 0.2) is 24.2 Å². The van der Waals surface area contributed by atoms with Crippen LogP contribution in [-0.4, -0.2) is 24.2 Å². The molecule has 0 amide bonds. The Morgan fingerprint density at radius 3 is 0.831 bits per heavy atom. The maximum Gasteiger partial charge on any atom is 0.185 e. The highest BCUT2D eigenvalue weighted by atomic mass is 28.3. The molecule has 4 heteroatoms. The molecule has 1 nitrogen and oxygen atoms in total. The van der Waals surface area contributed by atoms with Crippen LogP contribution in [0.2, 0.25) is 0 Å². The molecular formula is C79H55NSi3. The molecule has 0 saturated carbocycles. The van der Waals surface area contributed by atoms with Gasteiger partial charge in [-0.3, -0.25) is 0 Å². The Morgan fingerprint density at radius 1 is 0.217 bits per heavy atom. The van der Waals surface area contributed by atoms with E-state index in [4.69, 9.17) is 0 Å². The van der Waals surface area contributed by atoms with E-state index in [2.05, 4.69) is 260 Å². The van der Waals surface area contributed by atoms with Crippen molar-refractivity contribution in [1.29, 1.82) is 0 Å². The molecule has 0 radical (unpaired) electrons. The minimum absolute atomic E-state index is 1.29. The predicted octanol–water partition coefficient (Wildman–Crippen LogP) is 11.3. The van der Waals surface area contributed by atoms with E-state index in [-0.39, 0.29) is 0 Å². The van der Waals surface area contributed by atoms with Gasteiger partial charge in [0.05, 0.1) is 0 Å². The highest BCUT2D eigenvalue weighted by Gasteiger charge is 2.66. The van der Waals surface area contributed by atoms with Gasteiger partial charge in [-0.15, -0.1) is 0 Å². The summed E-state index contributed by atoms with van der Waals surface area (Å²) in [6.45, 7) is 16.3. The first kappa shape index (κ1) is 45.7. The summed E-state index contributed by atoms with van der Waals surface area (Å²) in [5.74, 6) is 0. The van der Waals surface area contributed by atoms with Crippen molar-refractivity contribution < 1.29 is 0 Å². The summed E-state index contributed by atoms with van der Waals surface area (Å²) in [6, 6.07) is 86.1. The van der Waals surface area contributed by atoms with Crippen molar-refractivity contribution in [3.63, 3.8) is 0 Å². The van der Waals surface area contributed by atoms with Crippen LogP contribution in [0.1, 0.15) is 38.9 Å². The van der Waals surface area contributed by atoms with Crippen LogP contribution >= 0.6 is 0 Å². The van der Waals surface area contributed by atoms with Crippen molar-refractivity contribution in [2.45, 2.75) is 48.5 Å². The molecule has 11 bridgehead atoms. The van der Waals surface area contributed by atoms with Gasteiger partial charge in [0.25, 0.3) is 0 Å². The quantitative estimate of drug-likeness (QED) is 0.156. The van der Waals surface area contributed by atoms with E-state index in [9.17, 15) is 0 Å². The summed E-state index contributed by atoms with van der Waals surface area (Å²) in [5.41, 5.74) is 35.5. The van der Waals surface area contributed by atoms with Crippen LogP contribution in [0.4, 0.5) is 17.1 Å². The molecule has 3 spiro atoms. The topological polar surface area (TPSA) is 3.24 Å². The first-order chi connectivity index (χ1) is 40.5. The van der Waals surface area contributed by atoms with Gasteiger partial charge >= 0.3 is 0 Å². The van der Waals surface area contributed by atoms with Crippen LogP contribution in [0.15, 0.2) is 206 Å². The molecule has 388 valence electrons. The molecule has 0 N–H and O–H groups in total. The lowest BCUT2D eigenvalue weighted by Crippen LogP contribution is -2.86. The third-order valence-corrected chi connectivity index (χ3v) is 36.2. The molecule has 0 fully saturated rings. The van der Waals surface area contributed by atoms with Gasteiger partial charge in [-0.1, -0.05) is 205 Å². The van der Waals surface area contributed by atoms with E-state index in [0.717, 1.165) is 0 Å². The van der Waals surface area contributed by atoms with Gasteiger partial charge in [-0.25, -0.2) is 0 Å². The summed E-state index contributed by atoms with van der Waals surface area (Å²) >= 11 is 0. The normalized spacial score (nSPS) is 18.0. The van der Waals surface area contributed by atoms with Crippen molar-refractivity contribution >= 4 is 104 Å². The van der Waals surface area contributed by atoms with E-state index >= 15 is 0 Å². The molecule has 2 unspecified atom stereocenters. The smallest absolute Gasteiger partial charge is 0.185 e. The highest BCUT2D eigenvalue weighted by molar-refractivity contribution is 7.30. The maximum atomic E-state index is 2.98. The summed E-state index contributed by atoms with van der Waals surface area (Å²) < 4.78 is 0. The van der Waals surface area contributed by atoms with E-state index in [1.54, 1.807) is 20.7 Å². The molecule has 10 aliphatic heterocycles. The lowest BCUT2D eigenvalue weighted by Gasteiger charge is -2.56. The Morgan fingerprint density at radius 2 is 0.494 bits per heavy atom. The monoisotopic (exact) mass is 1100 g/mol. The molecule has 0 aliphatic carbocycles. The fraction of sp³-hybridized carbons (Fsp3) is 0.0886. The number of hydrogen-bond acceptors (Lipinski definition) is 1. The Hall–Kier alpha value is -8.91. The fourth-order valence-electron chi connectivity index (χ4n) is 19.2. The number of nitrogens with zero attached hydrogens (tertiary/aromatic N) is 1. The zero-order valence-electron chi connectivity index (χ0n) is 47.6. The van der Waals surface area contributed by atoms with Gasteiger partial charge in [0, 0.05) is 17.1 Å². The molecule has 2 atom stereocenters.